The molecule has 0 bridgehead atoms. The maximum Gasteiger partial charge on any atom is 0.192 e. The molecule has 6 nitrogen and oxygen atoms in total. The summed E-state index contributed by atoms with van der Waals surface area (Å²) in [6.45, 7) is 4.22. The second-order valence-corrected chi connectivity index (χ2v) is 9.07. The second kappa shape index (κ2) is 6.62. The van der Waals surface area contributed by atoms with Gasteiger partial charge in [0.2, 0.25) is 0 Å². The summed E-state index contributed by atoms with van der Waals surface area (Å²) in [6.07, 6.45) is 4.96. The van der Waals surface area contributed by atoms with Crippen molar-refractivity contribution in [3.8, 4) is 0 Å². The van der Waals surface area contributed by atoms with Crippen molar-refractivity contribution >= 4 is 11.6 Å². The van der Waals surface area contributed by atoms with E-state index < -0.39 is 41.0 Å². The molecular formula is C21H30O6. The third-order valence-corrected chi connectivity index (χ3v) is 7.47. The molecule has 2 fully saturated rings. The summed E-state index contributed by atoms with van der Waals surface area (Å²) >= 11 is 0. The Morgan fingerprint density at radius 3 is 2.63 bits per heavy atom. The van der Waals surface area contributed by atoms with E-state index in [-0.39, 0.29) is 24.0 Å². The minimum Gasteiger partial charge on any atom is -0.393 e. The Labute approximate surface area is 159 Å². The van der Waals surface area contributed by atoms with Gasteiger partial charge in [-0.1, -0.05) is 25.5 Å². The van der Waals surface area contributed by atoms with Crippen molar-refractivity contribution in [1.29, 1.82) is 0 Å². The lowest BCUT2D eigenvalue weighted by Crippen LogP contribution is -2.65. The van der Waals surface area contributed by atoms with Gasteiger partial charge in [0.05, 0.1) is 12.2 Å². The second-order valence-electron chi connectivity index (χ2n) is 9.07. The van der Waals surface area contributed by atoms with Crippen LogP contribution < -0.4 is 0 Å². The third kappa shape index (κ3) is 2.85. The zero-order chi connectivity index (χ0) is 20.2. The summed E-state index contributed by atoms with van der Waals surface area (Å²) in [5.74, 6) is -0.961. The molecule has 6 heteroatoms. The topological polar surface area (TPSA) is 115 Å². The number of carbonyl (C=O) groups excluding carboxylic acids is 2. The zero-order valence-electron chi connectivity index (χ0n) is 16.2. The highest BCUT2D eigenvalue weighted by Crippen LogP contribution is 2.60. The number of allylic oxidation sites excluding steroid dienone is 4. The number of carbonyl (C=O) groups is 2. The maximum absolute atomic E-state index is 12.4. The number of aliphatic hydroxyl groups excluding tert-OH is 3. The molecule has 7 atom stereocenters. The highest BCUT2D eigenvalue weighted by molar-refractivity contribution is 6.01. The van der Waals surface area contributed by atoms with Gasteiger partial charge in [-0.2, -0.15) is 0 Å². The van der Waals surface area contributed by atoms with E-state index in [0.717, 1.165) is 18.4 Å². The molecular weight excluding hydrogens is 348 g/mol. The van der Waals surface area contributed by atoms with Gasteiger partial charge in [0.25, 0.3) is 0 Å². The highest BCUT2D eigenvalue weighted by atomic mass is 16.4. The van der Waals surface area contributed by atoms with Crippen LogP contribution in [-0.4, -0.2) is 56.4 Å². The summed E-state index contributed by atoms with van der Waals surface area (Å²) in [4.78, 5) is 24.1. The lowest BCUT2D eigenvalue weighted by atomic mass is 9.47. The van der Waals surface area contributed by atoms with Crippen molar-refractivity contribution in [3.63, 3.8) is 0 Å². The molecule has 3 rings (SSSR count). The molecule has 0 aromatic rings. The van der Waals surface area contributed by atoms with Crippen LogP contribution in [0.3, 0.4) is 0 Å². The minimum absolute atomic E-state index is 0.0236. The van der Waals surface area contributed by atoms with Crippen LogP contribution in [0.4, 0.5) is 0 Å². The molecule has 27 heavy (non-hydrogen) atoms. The van der Waals surface area contributed by atoms with E-state index in [9.17, 15) is 30.0 Å². The molecule has 4 N–H and O–H groups in total. The molecule has 0 aromatic carbocycles. The Morgan fingerprint density at radius 2 is 2.04 bits per heavy atom. The summed E-state index contributed by atoms with van der Waals surface area (Å²) in [5.41, 5.74) is -2.59. The van der Waals surface area contributed by atoms with Crippen LogP contribution in [0.1, 0.15) is 46.5 Å². The van der Waals surface area contributed by atoms with Gasteiger partial charge >= 0.3 is 0 Å². The molecule has 0 radical (unpaired) electrons. The molecule has 150 valence electrons. The van der Waals surface area contributed by atoms with Crippen molar-refractivity contribution in [3.05, 3.63) is 23.8 Å². The van der Waals surface area contributed by atoms with Gasteiger partial charge in [-0.3, -0.25) is 9.59 Å². The van der Waals surface area contributed by atoms with Crippen molar-refractivity contribution in [2.75, 3.05) is 6.61 Å². The Bertz CT molecular complexity index is 709. The SMILES string of the molecule is C[C@@H](O)[C@](O)(C(=O)CO)[C@@]1(C)CC(O)C2C(CCC3=CC(=O)C=C[C@@]32C)C1. The predicted molar refractivity (Wildman–Crippen MR) is 98.6 cm³/mol. The first-order valence-electron chi connectivity index (χ1n) is 9.66. The number of hydrogen-bond donors (Lipinski definition) is 4. The van der Waals surface area contributed by atoms with Crippen LogP contribution >= 0.6 is 0 Å². The van der Waals surface area contributed by atoms with Crippen LogP contribution in [-0.2, 0) is 9.59 Å². The van der Waals surface area contributed by atoms with E-state index in [0.29, 0.717) is 6.42 Å². The first-order valence-corrected chi connectivity index (χ1v) is 9.66. The van der Waals surface area contributed by atoms with Crippen LogP contribution in [0.2, 0.25) is 0 Å². The normalized spacial score (nSPS) is 41.8. The highest BCUT2D eigenvalue weighted by Gasteiger charge is 2.62. The fourth-order valence-corrected chi connectivity index (χ4v) is 6.11. The van der Waals surface area contributed by atoms with Gasteiger partial charge < -0.3 is 20.4 Å². The molecule has 3 unspecified atom stereocenters. The molecule has 3 aliphatic carbocycles. The lowest BCUT2D eigenvalue weighted by molar-refractivity contribution is -0.202. The Morgan fingerprint density at radius 1 is 1.37 bits per heavy atom. The van der Waals surface area contributed by atoms with Gasteiger partial charge in [-0.25, -0.2) is 0 Å². The van der Waals surface area contributed by atoms with Crippen LogP contribution in [0.5, 0.6) is 0 Å². The Hall–Kier alpha value is -1.34. The van der Waals surface area contributed by atoms with Crippen LogP contribution in [0.25, 0.3) is 0 Å². The first kappa shape index (κ1) is 20.4. The van der Waals surface area contributed by atoms with Crippen molar-refractivity contribution in [1.82, 2.24) is 0 Å². The van der Waals surface area contributed by atoms with Gasteiger partial charge in [-0.05, 0) is 50.7 Å². The molecule has 0 aromatic heterocycles. The van der Waals surface area contributed by atoms with Crippen LogP contribution in [0.15, 0.2) is 23.8 Å². The molecule has 0 aliphatic heterocycles. The van der Waals surface area contributed by atoms with E-state index in [2.05, 4.69) is 0 Å². The number of ketones is 2. The Kier molecular flexibility index (Phi) is 5.00. The molecule has 0 spiro atoms. The number of aliphatic hydroxyl groups is 4. The molecule has 2 saturated carbocycles. The average molecular weight is 378 g/mol. The summed E-state index contributed by atoms with van der Waals surface area (Å²) < 4.78 is 0. The number of fused-ring (bicyclic) bond motifs is 3. The van der Waals surface area contributed by atoms with E-state index in [4.69, 9.17) is 0 Å². The number of rotatable bonds is 4. The average Bonchev–Trinajstić information content (AvgIpc) is 2.59. The van der Waals surface area contributed by atoms with Crippen molar-refractivity contribution < 1.29 is 30.0 Å². The number of Topliss-reactive ketones (excluding diaryl/α,β-unsaturated/α-hetero) is 1. The van der Waals surface area contributed by atoms with Crippen molar-refractivity contribution in [2.45, 2.75) is 64.3 Å². The fourth-order valence-electron chi connectivity index (χ4n) is 6.11. The standard InChI is InChI=1S/C21H30O6/c1-12(23)21(27,17(26)11-22)19(2)9-13-4-5-14-8-15(24)6-7-20(14,3)18(13)16(25)10-19/h6-8,12-13,16,18,22-23,25,27H,4-5,9-11H2,1-3H3/t12-,13?,16?,18?,19-,20+,21+/m1/s1. The Balaban J connectivity index is 1.98. The molecule has 3 aliphatic rings. The fraction of sp³-hybridized carbons (Fsp3) is 0.714. The molecule has 0 saturated heterocycles. The molecule has 0 heterocycles. The van der Waals surface area contributed by atoms with E-state index in [1.54, 1.807) is 19.1 Å². The lowest BCUT2D eigenvalue weighted by Gasteiger charge is -2.58. The van der Waals surface area contributed by atoms with Gasteiger partial charge in [0.1, 0.15) is 6.61 Å². The minimum atomic E-state index is -2.12. The van der Waals surface area contributed by atoms with E-state index >= 15 is 0 Å². The molecule has 0 amide bonds. The largest absolute Gasteiger partial charge is 0.393 e. The van der Waals surface area contributed by atoms with Crippen LogP contribution in [0, 0.1) is 22.7 Å². The quantitative estimate of drug-likeness (QED) is 0.578. The zero-order valence-corrected chi connectivity index (χ0v) is 16.2. The predicted octanol–water partition coefficient (Wildman–Crippen LogP) is 0.918. The summed E-state index contributed by atoms with van der Waals surface area (Å²) in [5, 5.41) is 41.8. The van der Waals surface area contributed by atoms with Gasteiger partial charge in [0.15, 0.2) is 17.2 Å². The third-order valence-electron chi connectivity index (χ3n) is 7.47. The first-order chi connectivity index (χ1) is 12.5. The number of hydrogen-bond acceptors (Lipinski definition) is 6. The smallest absolute Gasteiger partial charge is 0.192 e. The summed E-state index contributed by atoms with van der Waals surface area (Å²) in [6, 6.07) is 0. The van der Waals surface area contributed by atoms with E-state index in [1.165, 1.54) is 6.92 Å². The van der Waals surface area contributed by atoms with Gasteiger partial charge in [0, 0.05) is 16.7 Å². The summed E-state index contributed by atoms with van der Waals surface area (Å²) in [7, 11) is 0. The maximum atomic E-state index is 12.4. The van der Waals surface area contributed by atoms with E-state index in [1.807, 2.05) is 13.0 Å². The van der Waals surface area contributed by atoms with Crippen molar-refractivity contribution in [2.24, 2.45) is 22.7 Å². The van der Waals surface area contributed by atoms with Gasteiger partial charge in [-0.15, -0.1) is 0 Å². The monoisotopic (exact) mass is 378 g/mol.